The van der Waals surface area contributed by atoms with Crippen LogP contribution >= 0.6 is 0 Å². The fraction of sp³-hybridized carbons (Fsp3) is 0.429. The highest BCUT2D eigenvalue weighted by Gasteiger charge is 2.37. The molecule has 1 atom stereocenters. The number of rotatable bonds is 4. The second-order valence-electron chi connectivity index (χ2n) is 7.40. The van der Waals surface area contributed by atoms with Gasteiger partial charge in [0, 0.05) is 18.5 Å². The molecule has 0 aromatic heterocycles. The number of aliphatic hydroxyl groups is 1. The predicted octanol–water partition coefficient (Wildman–Crippen LogP) is 3.18. The molecule has 3 rings (SSSR count). The van der Waals surface area contributed by atoms with Gasteiger partial charge < -0.3 is 9.84 Å². The topological polar surface area (TPSA) is 75.6 Å². The van der Waals surface area contributed by atoms with Gasteiger partial charge in [0.05, 0.1) is 11.5 Å². The van der Waals surface area contributed by atoms with E-state index in [4.69, 9.17) is 4.74 Å². The quantitative estimate of drug-likeness (QED) is 0.842. The molecule has 5 nitrogen and oxygen atoms in total. The van der Waals surface area contributed by atoms with Gasteiger partial charge in [0.1, 0.15) is 11.4 Å². The lowest BCUT2D eigenvalue weighted by atomic mass is 9.88. The molecule has 0 radical (unpaired) electrons. The van der Waals surface area contributed by atoms with Gasteiger partial charge in [-0.15, -0.1) is 0 Å². The van der Waals surface area contributed by atoms with E-state index in [2.05, 4.69) is 4.72 Å². The van der Waals surface area contributed by atoms with Gasteiger partial charge in [0.2, 0.25) is 10.0 Å². The van der Waals surface area contributed by atoms with Crippen molar-refractivity contribution in [3.8, 4) is 5.75 Å². The van der Waals surface area contributed by atoms with Crippen LogP contribution in [0.25, 0.3) is 0 Å². The molecule has 27 heavy (non-hydrogen) atoms. The SMILES string of the molecule is Cc1c(C)c(C)c(S(=O)(=O)NCC2(O)CCOc3ccccc32)c(C)c1C. The first-order valence-electron chi connectivity index (χ1n) is 9.10. The smallest absolute Gasteiger partial charge is 0.241 e. The van der Waals surface area contributed by atoms with E-state index < -0.39 is 15.6 Å². The second kappa shape index (κ2) is 6.93. The predicted molar refractivity (Wildman–Crippen MR) is 106 cm³/mol. The monoisotopic (exact) mass is 389 g/mol. The van der Waals surface area contributed by atoms with Crippen LogP contribution in [0.1, 0.15) is 39.8 Å². The van der Waals surface area contributed by atoms with Gasteiger partial charge in [-0.1, -0.05) is 18.2 Å². The Balaban J connectivity index is 1.96. The third kappa shape index (κ3) is 3.37. The van der Waals surface area contributed by atoms with E-state index in [1.807, 2.05) is 46.8 Å². The van der Waals surface area contributed by atoms with Gasteiger partial charge in [0.15, 0.2) is 0 Å². The molecule has 2 N–H and O–H groups in total. The van der Waals surface area contributed by atoms with Crippen LogP contribution in [0, 0.1) is 34.6 Å². The van der Waals surface area contributed by atoms with Crippen LogP contribution in [-0.4, -0.2) is 26.7 Å². The number of nitrogens with one attached hydrogen (secondary N) is 1. The van der Waals surface area contributed by atoms with E-state index in [1.54, 1.807) is 12.1 Å². The molecule has 1 unspecified atom stereocenters. The van der Waals surface area contributed by atoms with E-state index in [-0.39, 0.29) is 6.54 Å². The third-order valence-corrected chi connectivity index (χ3v) is 7.59. The highest BCUT2D eigenvalue weighted by molar-refractivity contribution is 7.89. The lowest BCUT2D eigenvalue weighted by Crippen LogP contribution is -2.44. The Morgan fingerprint density at radius 1 is 1.00 bits per heavy atom. The summed E-state index contributed by atoms with van der Waals surface area (Å²) in [4.78, 5) is 0.312. The van der Waals surface area contributed by atoms with Gasteiger partial charge >= 0.3 is 0 Å². The Kier molecular flexibility index (Phi) is 5.10. The lowest BCUT2D eigenvalue weighted by molar-refractivity contribution is 0.00219. The second-order valence-corrected chi connectivity index (χ2v) is 9.11. The molecule has 146 valence electrons. The molecule has 0 saturated carbocycles. The first-order valence-corrected chi connectivity index (χ1v) is 10.6. The lowest BCUT2D eigenvalue weighted by Gasteiger charge is -2.34. The number of para-hydroxylation sites is 1. The van der Waals surface area contributed by atoms with Crippen LogP contribution in [0.4, 0.5) is 0 Å². The summed E-state index contributed by atoms with van der Waals surface area (Å²) in [5, 5.41) is 11.1. The van der Waals surface area contributed by atoms with Crippen molar-refractivity contribution in [1.82, 2.24) is 4.72 Å². The summed E-state index contributed by atoms with van der Waals surface area (Å²) in [5.41, 5.74) is 3.90. The zero-order valence-electron chi connectivity index (χ0n) is 16.5. The van der Waals surface area contributed by atoms with Gasteiger partial charge in [-0.2, -0.15) is 0 Å². The number of sulfonamides is 1. The number of hydrogen-bond donors (Lipinski definition) is 2. The van der Waals surface area contributed by atoms with Crippen molar-refractivity contribution in [2.75, 3.05) is 13.2 Å². The molecule has 2 aromatic rings. The molecule has 6 heteroatoms. The molecular formula is C21H27NO4S. The van der Waals surface area contributed by atoms with E-state index in [0.717, 1.165) is 27.8 Å². The minimum Gasteiger partial charge on any atom is -0.493 e. The van der Waals surface area contributed by atoms with Gasteiger partial charge in [0.25, 0.3) is 0 Å². The molecule has 0 aliphatic carbocycles. The number of hydrogen-bond acceptors (Lipinski definition) is 4. The van der Waals surface area contributed by atoms with Gasteiger partial charge in [-0.05, 0) is 68.5 Å². The summed E-state index contributed by atoms with van der Waals surface area (Å²) in [5.74, 6) is 0.597. The van der Waals surface area contributed by atoms with Crippen molar-refractivity contribution in [2.45, 2.75) is 51.5 Å². The average Bonchev–Trinajstić information content (AvgIpc) is 2.64. The Morgan fingerprint density at radius 3 is 2.19 bits per heavy atom. The van der Waals surface area contributed by atoms with Crippen LogP contribution in [0.3, 0.4) is 0 Å². The first-order chi connectivity index (χ1) is 12.6. The van der Waals surface area contributed by atoms with Crippen LogP contribution in [0.15, 0.2) is 29.2 Å². The summed E-state index contributed by atoms with van der Waals surface area (Å²) < 4.78 is 34.5. The van der Waals surface area contributed by atoms with Crippen molar-refractivity contribution >= 4 is 10.0 Å². The molecule has 1 aliphatic rings. The summed E-state index contributed by atoms with van der Waals surface area (Å²) >= 11 is 0. The van der Waals surface area contributed by atoms with Crippen LogP contribution in [-0.2, 0) is 15.6 Å². The average molecular weight is 390 g/mol. The Morgan fingerprint density at radius 2 is 1.56 bits per heavy atom. The normalized spacial score (nSPS) is 19.5. The van der Waals surface area contributed by atoms with E-state index in [9.17, 15) is 13.5 Å². The summed E-state index contributed by atoms with van der Waals surface area (Å²) in [6.45, 7) is 9.81. The standard InChI is InChI=1S/C21H27NO4S/c1-13-14(2)16(4)20(17(5)15(13)3)27(24,25)22-12-21(23)10-11-26-19-9-7-6-8-18(19)21/h6-9,22-23H,10-12H2,1-5H3. The van der Waals surface area contributed by atoms with E-state index in [1.165, 1.54) is 0 Å². The Hall–Kier alpha value is -1.89. The molecule has 0 bridgehead atoms. The number of benzene rings is 2. The number of ether oxygens (including phenoxy) is 1. The van der Waals surface area contributed by atoms with Crippen molar-refractivity contribution < 1.29 is 18.3 Å². The molecule has 0 fully saturated rings. The summed E-state index contributed by atoms with van der Waals surface area (Å²) in [6.07, 6.45) is 0.330. The molecule has 1 heterocycles. The Labute approximate surface area is 161 Å². The minimum absolute atomic E-state index is 0.0967. The summed E-state index contributed by atoms with van der Waals surface area (Å²) in [7, 11) is -3.77. The zero-order chi connectivity index (χ0) is 20.0. The maximum atomic E-state index is 13.1. The Bertz CT molecular complexity index is 968. The highest BCUT2D eigenvalue weighted by atomic mass is 32.2. The number of fused-ring (bicyclic) bond motifs is 1. The van der Waals surface area contributed by atoms with Gasteiger partial charge in [-0.25, -0.2) is 13.1 Å². The molecule has 0 saturated heterocycles. The third-order valence-electron chi connectivity index (χ3n) is 5.92. The van der Waals surface area contributed by atoms with Crippen LogP contribution < -0.4 is 9.46 Å². The van der Waals surface area contributed by atoms with Crippen LogP contribution in [0.2, 0.25) is 0 Å². The van der Waals surface area contributed by atoms with Gasteiger partial charge in [-0.3, -0.25) is 0 Å². The summed E-state index contributed by atoms with van der Waals surface area (Å²) in [6, 6.07) is 7.21. The fourth-order valence-corrected chi connectivity index (χ4v) is 5.47. The minimum atomic E-state index is -3.77. The largest absolute Gasteiger partial charge is 0.493 e. The molecular weight excluding hydrogens is 362 g/mol. The molecule has 0 spiro atoms. The van der Waals surface area contributed by atoms with Crippen molar-refractivity contribution in [2.24, 2.45) is 0 Å². The fourth-order valence-electron chi connectivity index (χ4n) is 3.78. The van der Waals surface area contributed by atoms with E-state index in [0.29, 0.717) is 29.2 Å². The zero-order valence-corrected chi connectivity index (χ0v) is 17.3. The van der Waals surface area contributed by atoms with Crippen molar-refractivity contribution in [1.29, 1.82) is 0 Å². The molecule has 2 aromatic carbocycles. The van der Waals surface area contributed by atoms with Crippen molar-refractivity contribution in [3.63, 3.8) is 0 Å². The maximum Gasteiger partial charge on any atom is 0.241 e. The first kappa shape index (κ1) is 19.9. The molecule has 0 amide bonds. The van der Waals surface area contributed by atoms with Crippen LogP contribution in [0.5, 0.6) is 5.75 Å². The van der Waals surface area contributed by atoms with Crippen molar-refractivity contribution in [3.05, 3.63) is 57.6 Å². The molecule has 1 aliphatic heterocycles. The van der Waals surface area contributed by atoms with E-state index >= 15 is 0 Å². The maximum absolute atomic E-state index is 13.1. The highest BCUT2D eigenvalue weighted by Crippen LogP contribution is 2.37.